The van der Waals surface area contributed by atoms with Gasteiger partial charge in [-0.25, -0.2) is 0 Å². The lowest BCUT2D eigenvalue weighted by Gasteiger charge is -2.31. The minimum Gasteiger partial charge on any atom is -0.336 e. The Balaban J connectivity index is 0.00000400. The molecule has 0 spiro atoms. The van der Waals surface area contributed by atoms with E-state index in [9.17, 15) is 4.79 Å². The van der Waals surface area contributed by atoms with Gasteiger partial charge in [0.25, 0.3) is 0 Å². The van der Waals surface area contributed by atoms with Crippen LogP contribution in [0.1, 0.15) is 38.8 Å². The largest absolute Gasteiger partial charge is 0.336 e. The van der Waals surface area contributed by atoms with Gasteiger partial charge in [-0.15, -0.1) is 12.4 Å². The SMILES string of the molecule is CCCN(C(=O)C(C)CN)C(C)c1ccc(Cl)c(Cl)c1.Cl. The van der Waals surface area contributed by atoms with Crippen molar-refractivity contribution in [2.24, 2.45) is 11.7 Å². The molecule has 0 saturated carbocycles. The standard InChI is InChI=1S/C15H22Cl2N2O.ClH/c1-4-7-19(15(20)10(2)9-18)11(3)12-5-6-13(16)14(17)8-12;/h5-6,8,10-11H,4,7,9,18H2,1-3H3;1H. The Bertz CT molecular complexity index is 468. The van der Waals surface area contributed by atoms with E-state index in [0.29, 0.717) is 23.1 Å². The van der Waals surface area contributed by atoms with E-state index in [-0.39, 0.29) is 30.3 Å². The van der Waals surface area contributed by atoms with Crippen LogP contribution in [0.25, 0.3) is 0 Å². The minimum atomic E-state index is -0.174. The van der Waals surface area contributed by atoms with Gasteiger partial charge in [-0.2, -0.15) is 0 Å². The predicted molar refractivity (Wildman–Crippen MR) is 92.3 cm³/mol. The molecule has 3 nitrogen and oxygen atoms in total. The van der Waals surface area contributed by atoms with Crippen molar-refractivity contribution in [1.82, 2.24) is 4.90 Å². The molecule has 6 heteroatoms. The van der Waals surface area contributed by atoms with E-state index in [1.54, 1.807) is 6.07 Å². The van der Waals surface area contributed by atoms with Gasteiger partial charge in [0.15, 0.2) is 0 Å². The van der Waals surface area contributed by atoms with Crippen LogP contribution in [0.2, 0.25) is 10.0 Å². The van der Waals surface area contributed by atoms with Crippen molar-refractivity contribution in [1.29, 1.82) is 0 Å². The molecule has 0 saturated heterocycles. The molecule has 1 aromatic rings. The first-order valence-corrected chi connectivity index (χ1v) is 7.63. The van der Waals surface area contributed by atoms with Gasteiger partial charge in [0.2, 0.25) is 5.91 Å². The summed E-state index contributed by atoms with van der Waals surface area (Å²) in [5, 5.41) is 1.03. The number of hydrogen-bond acceptors (Lipinski definition) is 2. The van der Waals surface area contributed by atoms with Gasteiger partial charge in [-0.05, 0) is 31.0 Å². The molecule has 0 aliphatic rings. The highest BCUT2D eigenvalue weighted by Gasteiger charge is 2.24. The highest BCUT2D eigenvalue weighted by molar-refractivity contribution is 6.42. The molecule has 21 heavy (non-hydrogen) atoms. The smallest absolute Gasteiger partial charge is 0.227 e. The number of hydrogen-bond donors (Lipinski definition) is 1. The predicted octanol–water partition coefficient (Wildman–Crippen LogP) is 4.31. The van der Waals surface area contributed by atoms with Gasteiger partial charge in [0.1, 0.15) is 0 Å². The van der Waals surface area contributed by atoms with Gasteiger partial charge in [0.05, 0.1) is 16.1 Å². The first-order valence-electron chi connectivity index (χ1n) is 6.87. The Morgan fingerprint density at radius 1 is 1.29 bits per heavy atom. The second-order valence-corrected chi connectivity index (χ2v) is 5.83. The molecule has 0 heterocycles. The molecule has 0 aliphatic carbocycles. The van der Waals surface area contributed by atoms with Crippen molar-refractivity contribution in [3.8, 4) is 0 Å². The zero-order valence-corrected chi connectivity index (χ0v) is 14.9. The van der Waals surface area contributed by atoms with Crippen molar-refractivity contribution < 1.29 is 4.79 Å². The van der Waals surface area contributed by atoms with Crippen molar-refractivity contribution in [2.75, 3.05) is 13.1 Å². The summed E-state index contributed by atoms with van der Waals surface area (Å²) in [6.45, 7) is 6.95. The second kappa shape index (κ2) is 9.52. The van der Waals surface area contributed by atoms with E-state index in [0.717, 1.165) is 12.0 Å². The van der Waals surface area contributed by atoms with Crippen LogP contribution >= 0.6 is 35.6 Å². The number of amides is 1. The molecule has 0 bridgehead atoms. The number of benzene rings is 1. The molecule has 0 fully saturated rings. The number of nitrogens with two attached hydrogens (primary N) is 1. The van der Waals surface area contributed by atoms with Crippen LogP contribution in [0.3, 0.4) is 0 Å². The Kier molecular flexibility index (Phi) is 9.30. The number of nitrogens with zero attached hydrogens (tertiary/aromatic N) is 1. The number of carbonyl (C=O) groups is 1. The third-order valence-corrected chi connectivity index (χ3v) is 4.16. The third kappa shape index (κ3) is 5.33. The van der Waals surface area contributed by atoms with E-state index in [1.165, 1.54) is 0 Å². The summed E-state index contributed by atoms with van der Waals surface area (Å²) in [6, 6.07) is 5.43. The maximum absolute atomic E-state index is 12.4. The van der Waals surface area contributed by atoms with E-state index in [2.05, 4.69) is 6.92 Å². The van der Waals surface area contributed by atoms with Gasteiger partial charge in [-0.3, -0.25) is 4.79 Å². The third-order valence-electron chi connectivity index (χ3n) is 3.42. The van der Waals surface area contributed by atoms with Crippen LogP contribution in [0.5, 0.6) is 0 Å². The summed E-state index contributed by atoms with van der Waals surface area (Å²) in [5.74, 6) is -0.0975. The van der Waals surface area contributed by atoms with Gasteiger partial charge in [0, 0.05) is 19.0 Å². The molecule has 2 N–H and O–H groups in total. The van der Waals surface area contributed by atoms with E-state index in [1.807, 2.05) is 30.9 Å². The van der Waals surface area contributed by atoms with Crippen molar-refractivity contribution >= 4 is 41.5 Å². The normalized spacial score (nSPS) is 13.2. The van der Waals surface area contributed by atoms with Gasteiger partial charge >= 0.3 is 0 Å². The monoisotopic (exact) mass is 352 g/mol. The molecule has 120 valence electrons. The number of rotatable bonds is 6. The summed E-state index contributed by atoms with van der Waals surface area (Å²) in [4.78, 5) is 14.3. The molecule has 1 rings (SSSR count). The Morgan fingerprint density at radius 3 is 2.38 bits per heavy atom. The van der Waals surface area contributed by atoms with Crippen LogP contribution in [0.15, 0.2) is 18.2 Å². The lowest BCUT2D eigenvalue weighted by Crippen LogP contribution is -2.40. The molecule has 2 unspecified atom stereocenters. The quantitative estimate of drug-likeness (QED) is 0.828. The molecular weight excluding hydrogens is 331 g/mol. The average molecular weight is 354 g/mol. The molecule has 1 amide bonds. The Labute approximate surface area is 143 Å². The molecule has 2 atom stereocenters. The lowest BCUT2D eigenvalue weighted by molar-refractivity contribution is -0.137. The van der Waals surface area contributed by atoms with Crippen LogP contribution in [0.4, 0.5) is 0 Å². The van der Waals surface area contributed by atoms with E-state index < -0.39 is 0 Å². The fourth-order valence-corrected chi connectivity index (χ4v) is 2.38. The average Bonchev–Trinajstić information content (AvgIpc) is 2.45. The summed E-state index contributed by atoms with van der Waals surface area (Å²) < 4.78 is 0. The fraction of sp³-hybridized carbons (Fsp3) is 0.533. The van der Waals surface area contributed by atoms with Crippen LogP contribution in [-0.2, 0) is 4.79 Å². The maximum Gasteiger partial charge on any atom is 0.227 e. The molecule has 1 aromatic carbocycles. The zero-order valence-electron chi connectivity index (χ0n) is 12.6. The zero-order chi connectivity index (χ0) is 15.3. The van der Waals surface area contributed by atoms with Crippen LogP contribution in [-0.4, -0.2) is 23.9 Å². The summed E-state index contributed by atoms with van der Waals surface area (Å²) in [7, 11) is 0. The van der Waals surface area contributed by atoms with Crippen LogP contribution in [0, 0.1) is 5.92 Å². The summed E-state index contributed by atoms with van der Waals surface area (Å²) >= 11 is 12.0. The van der Waals surface area contributed by atoms with E-state index >= 15 is 0 Å². The van der Waals surface area contributed by atoms with Gasteiger partial charge < -0.3 is 10.6 Å². The first-order chi connectivity index (χ1) is 9.42. The summed E-state index contributed by atoms with van der Waals surface area (Å²) in [6.07, 6.45) is 0.898. The number of carbonyl (C=O) groups excluding carboxylic acids is 1. The highest BCUT2D eigenvalue weighted by atomic mass is 35.5. The molecule has 0 aromatic heterocycles. The second-order valence-electron chi connectivity index (χ2n) is 5.02. The molecule has 0 radical (unpaired) electrons. The van der Waals surface area contributed by atoms with Crippen molar-refractivity contribution in [3.05, 3.63) is 33.8 Å². The molecular formula is C15H23Cl3N2O. The maximum atomic E-state index is 12.4. The Hall–Kier alpha value is -0.480. The van der Waals surface area contributed by atoms with Crippen LogP contribution < -0.4 is 5.73 Å². The summed E-state index contributed by atoms with van der Waals surface area (Å²) in [5.41, 5.74) is 6.58. The van der Waals surface area contributed by atoms with Crippen molar-refractivity contribution in [2.45, 2.75) is 33.2 Å². The van der Waals surface area contributed by atoms with E-state index in [4.69, 9.17) is 28.9 Å². The molecule has 0 aliphatic heterocycles. The lowest BCUT2D eigenvalue weighted by atomic mass is 10.0. The Morgan fingerprint density at radius 2 is 1.90 bits per heavy atom. The van der Waals surface area contributed by atoms with Gasteiger partial charge in [-0.1, -0.05) is 43.1 Å². The minimum absolute atomic E-state index is 0. The highest BCUT2D eigenvalue weighted by Crippen LogP contribution is 2.29. The van der Waals surface area contributed by atoms with Crippen molar-refractivity contribution in [3.63, 3.8) is 0 Å². The topological polar surface area (TPSA) is 46.3 Å². The first kappa shape index (κ1) is 20.5. The number of halogens is 3. The fourth-order valence-electron chi connectivity index (χ4n) is 2.07.